The van der Waals surface area contributed by atoms with Crippen LogP contribution in [0.3, 0.4) is 0 Å². The molecule has 0 bridgehead atoms. The van der Waals surface area contributed by atoms with Crippen molar-refractivity contribution in [3.8, 4) is 0 Å². The van der Waals surface area contributed by atoms with Crippen molar-refractivity contribution in [2.45, 2.75) is 24.0 Å². The first kappa shape index (κ1) is 11.3. The van der Waals surface area contributed by atoms with E-state index >= 15 is 0 Å². The summed E-state index contributed by atoms with van der Waals surface area (Å²) < 4.78 is 0. The highest BCUT2D eigenvalue weighted by molar-refractivity contribution is 7.99. The van der Waals surface area contributed by atoms with Crippen LogP contribution < -0.4 is 0 Å². The zero-order valence-electron chi connectivity index (χ0n) is 8.81. The van der Waals surface area contributed by atoms with Crippen LogP contribution in [0, 0.1) is 13.8 Å². The quantitative estimate of drug-likeness (QED) is 0.608. The van der Waals surface area contributed by atoms with Gasteiger partial charge in [0.15, 0.2) is 5.16 Å². The SMILES string of the molecule is Cc1cnc(Sc2ncnc(Cl)c2C)nc1. The molecular weight excluding hydrogens is 244 g/mol. The summed E-state index contributed by atoms with van der Waals surface area (Å²) in [6.07, 6.45) is 4.98. The predicted octanol–water partition coefficient (Wildman–Crippen LogP) is 2.69. The standard InChI is InChI=1S/C10H9ClN4S/c1-6-3-12-10(13-4-6)16-9-7(2)8(11)14-5-15-9/h3-5H,1-2H3. The van der Waals surface area contributed by atoms with E-state index in [1.807, 2.05) is 13.8 Å². The van der Waals surface area contributed by atoms with Crippen molar-refractivity contribution < 1.29 is 0 Å². The van der Waals surface area contributed by atoms with Crippen molar-refractivity contribution in [3.63, 3.8) is 0 Å². The maximum atomic E-state index is 5.90. The van der Waals surface area contributed by atoms with E-state index in [1.165, 1.54) is 18.1 Å². The van der Waals surface area contributed by atoms with E-state index in [0.717, 1.165) is 16.2 Å². The Morgan fingerprint density at radius 1 is 1.06 bits per heavy atom. The van der Waals surface area contributed by atoms with Crippen LogP contribution in [0.25, 0.3) is 0 Å². The van der Waals surface area contributed by atoms with Gasteiger partial charge in [0.25, 0.3) is 0 Å². The normalized spacial score (nSPS) is 10.4. The van der Waals surface area contributed by atoms with Crippen molar-refractivity contribution in [1.82, 2.24) is 19.9 Å². The van der Waals surface area contributed by atoms with Gasteiger partial charge in [-0.15, -0.1) is 0 Å². The molecule has 4 nitrogen and oxygen atoms in total. The lowest BCUT2D eigenvalue weighted by atomic mass is 10.4. The van der Waals surface area contributed by atoms with Crippen molar-refractivity contribution in [2.75, 3.05) is 0 Å². The maximum absolute atomic E-state index is 5.90. The molecule has 0 saturated carbocycles. The molecule has 82 valence electrons. The first-order chi connectivity index (χ1) is 7.66. The van der Waals surface area contributed by atoms with Crippen LogP contribution in [0.15, 0.2) is 28.9 Å². The minimum atomic E-state index is 0.463. The van der Waals surface area contributed by atoms with Crippen LogP contribution >= 0.6 is 23.4 Å². The van der Waals surface area contributed by atoms with Gasteiger partial charge in [-0.05, 0) is 31.2 Å². The minimum absolute atomic E-state index is 0.463. The van der Waals surface area contributed by atoms with Crippen LogP contribution in [0.5, 0.6) is 0 Å². The van der Waals surface area contributed by atoms with Gasteiger partial charge in [-0.1, -0.05) is 11.6 Å². The maximum Gasteiger partial charge on any atom is 0.193 e. The van der Waals surface area contributed by atoms with E-state index in [0.29, 0.717) is 10.3 Å². The number of halogens is 1. The summed E-state index contributed by atoms with van der Waals surface area (Å²) in [6, 6.07) is 0. The molecule has 0 aliphatic rings. The number of rotatable bonds is 2. The van der Waals surface area contributed by atoms with Gasteiger partial charge in [0.1, 0.15) is 16.5 Å². The highest BCUT2D eigenvalue weighted by atomic mass is 35.5. The van der Waals surface area contributed by atoms with E-state index in [1.54, 1.807) is 12.4 Å². The zero-order valence-corrected chi connectivity index (χ0v) is 10.4. The highest BCUT2D eigenvalue weighted by Gasteiger charge is 2.08. The fourth-order valence-electron chi connectivity index (χ4n) is 1.04. The Kier molecular flexibility index (Phi) is 3.36. The molecule has 16 heavy (non-hydrogen) atoms. The van der Waals surface area contributed by atoms with Crippen LogP contribution in [-0.2, 0) is 0 Å². The van der Waals surface area contributed by atoms with E-state index in [9.17, 15) is 0 Å². The van der Waals surface area contributed by atoms with Gasteiger partial charge in [-0.3, -0.25) is 0 Å². The third-order valence-corrected chi connectivity index (χ3v) is 3.30. The summed E-state index contributed by atoms with van der Waals surface area (Å²) in [7, 11) is 0. The Labute approximate surface area is 103 Å². The van der Waals surface area contributed by atoms with Crippen LogP contribution in [-0.4, -0.2) is 19.9 Å². The molecule has 0 N–H and O–H groups in total. The molecule has 2 aromatic rings. The van der Waals surface area contributed by atoms with Crippen LogP contribution in [0.4, 0.5) is 0 Å². The van der Waals surface area contributed by atoms with Crippen molar-refractivity contribution in [3.05, 3.63) is 35.0 Å². The summed E-state index contributed by atoms with van der Waals surface area (Å²) in [6.45, 7) is 3.82. The molecule has 0 amide bonds. The van der Waals surface area contributed by atoms with Gasteiger partial charge in [0.2, 0.25) is 0 Å². The Morgan fingerprint density at radius 2 is 1.75 bits per heavy atom. The second kappa shape index (κ2) is 4.76. The Bertz CT molecular complexity index is 501. The summed E-state index contributed by atoms with van der Waals surface area (Å²) in [5, 5.41) is 1.90. The number of hydrogen-bond donors (Lipinski definition) is 0. The molecular formula is C10H9ClN4S. The lowest BCUT2D eigenvalue weighted by Gasteiger charge is -2.03. The molecule has 2 aromatic heterocycles. The second-order valence-electron chi connectivity index (χ2n) is 3.24. The van der Waals surface area contributed by atoms with Gasteiger partial charge < -0.3 is 0 Å². The molecule has 0 saturated heterocycles. The van der Waals surface area contributed by atoms with E-state index in [2.05, 4.69) is 19.9 Å². The molecule has 6 heteroatoms. The number of nitrogens with zero attached hydrogens (tertiary/aromatic N) is 4. The molecule has 0 fully saturated rings. The fraction of sp³-hybridized carbons (Fsp3) is 0.200. The number of aryl methyl sites for hydroxylation is 1. The lowest BCUT2D eigenvalue weighted by molar-refractivity contribution is 0.934. The fourth-order valence-corrected chi connectivity index (χ4v) is 1.96. The zero-order chi connectivity index (χ0) is 11.5. The molecule has 0 unspecified atom stereocenters. The molecule has 0 atom stereocenters. The third-order valence-electron chi connectivity index (χ3n) is 1.92. The van der Waals surface area contributed by atoms with E-state index in [-0.39, 0.29) is 0 Å². The summed E-state index contributed by atoms with van der Waals surface area (Å²) in [5.74, 6) is 0. The van der Waals surface area contributed by atoms with E-state index in [4.69, 9.17) is 11.6 Å². The molecule has 2 heterocycles. The molecule has 0 aromatic carbocycles. The smallest absolute Gasteiger partial charge is 0.193 e. The Hall–Kier alpha value is -1.20. The first-order valence-electron chi connectivity index (χ1n) is 4.60. The molecule has 0 aliphatic heterocycles. The lowest BCUT2D eigenvalue weighted by Crippen LogP contribution is -1.92. The Balaban J connectivity index is 2.27. The number of aromatic nitrogens is 4. The van der Waals surface area contributed by atoms with Crippen molar-refractivity contribution in [2.24, 2.45) is 0 Å². The summed E-state index contributed by atoms with van der Waals surface area (Å²) in [4.78, 5) is 16.4. The van der Waals surface area contributed by atoms with Crippen molar-refractivity contribution in [1.29, 1.82) is 0 Å². The predicted molar refractivity (Wildman–Crippen MR) is 62.7 cm³/mol. The summed E-state index contributed by atoms with van der Waals surface area (Å²) in [5.41, 5.74) is 1.88. The van der Waals surface area contributed by atoms with Gasteiger partial charge in [-0.25, -0.2) is 19.9 Å². The monoisotopic (exact) mass is 252 g/mol. The first-order valence-corrected chi connectivity index (χ1v) is 5.80. The van der Waals surface area contributed by atoms with Gasteiger partial charge >= 0.3 is 0 Å². The minimum Gasteiger partial charge on any atom is -0.231 e. The van der Waals surface area contributed by atoms with Crippen molar-refractivity contribution >= 4 is 23.4 Å². The van der Waals surface area contributed by atoms with Gasteiger partial charge in [0, 0.05) is 18.0 Å². The average molecular weight is 253 g/mol. The number of hydrogen-bond acceptors (Lipinski definition) is 5. The average Bonchev–Trinajstić information content (AvgIpc) is 2.28. The summed E-state index contributed by atoms with van der Waals surface area (Å²) >= 11 is 7.28. The van der Waals surface area contributed by atoms with Gasteiger partial charge in [-0.2, -0.15) is 0 Å². The highest BCUT2D eigenvalue weighted by Crippen LogP contribution is 2.27. The molecule has 2 rings (SSSR count). The van der Waals surface area contributed by atoms with Crippen LogP contribution in [0.1, 0.15) is 11.1 Å². The molecule has 0 spiro atoms. The molecule has 0 radical (unpaired) electrons. The largest absolute Gasteiger partial charge is 0.231 e. The van der Waals surface area contributed by atoms with Crippen LogP contribution in [0.2, 0.25) is 5.15 Å². The molecule has 0 aliphatic carbocycles. The Morgan fingerprint density at radius 3 is 2.44 bits per heavy atom. The topological polar surface area (TPSA) is 51.6 Å². The van der Waals surface area contributed by atoms with E-state index < -0.39 is 0 Å². The van der Waals surface area contributed by atoms with Gasteiger partial charge in [0.05, 0.1) is 0 Å². The second-order valence-corrected chi connectivity index (χ2v) is 4.55. The third kappa shape index (κ3) is 2.48.